The summed E-state index contributed by atoms with van der Waals surface area (Å²) in [6.45, 7) is 2.74. The summed E-state index contributed by atoms with van der Waals surface area (Å²) in [6.07, 6.45) is 11.5. The van der Waals surface area contributed by atoms with E-state index in [9.17, 15) is 8.78 Å². The molecule has 1 saturated carbocycles. The minimum atomic E-state index is -0.878. The van der Waals surface area contributed by atoms with Gasteiger partial charge in [0.25, 0.3) is 0 Å². The third kappa shape index (κ3) is 5.26. The van der Waals surface area contributed by atoms with E-state index in [1.54, 1.807) is 0 Å². The van der Waals surface area contributed by atoms with E-state index in [1.165, 1.54) is 57.1 Å². The van der Waals surface area contributed by atoms with E-state index in [-0.39, 0.29) is 5.75 Å². The lowest BCUT2D eigenvalue weighted by Gasteiger charge is -2.28. The van der Waals surface area contributed by atoms with Crippen LogP contribution in [-0.4, -0.2) is 6.61 Å². The van der Waals surface area contributed by atoms with Gasteiger partial charge in [0, 0.05) is 0 Å². The molecule has 0 spiro atoms. The van der Waals surface area contributed by atoms with Crippen LogP contribution in [0.15, 0.2) is 18.2 Å². The van der Waals surface area contributed by atoms with Crippen molar-refractivity contribution in [2.24, 2.45) is 11.8 Å². The lowest BCUT2D eigenvalue weighted by atomic mass is 9.78. The topological polar surface area (TPSA) is 9.23 Å². The summed E-state index contributed by atoms with van der Waals surface area (Å²) in [5.41, 5.74) is 0. The van der Waals surface area contributed by atoms with Crippen molar-refractivity contribution >= 4 is 0 Å². The molecular weight excluding hydrogens is 282 g/mol. The van der Waals surface area contributed by atoms with Crippen molar-refractivity contribution in [3.05, 3.63) is 29.8 Å². The minimum absolute atomic E-state index is 0.0278. The van der Waals surface area contributed by atoms with Crippen LogP contribution in [0.3, 0.4) is 0 Å². The fourth-order valence-corrected chi connectivity index (χ4v) is 3.53. The van der Waals surface area contributed by atoms with Gasteiger partial charge in [-0.25, -0.2) is 4.39 Å². The average Bonchev–Trinajstić information content (AvgIpc) is 2.53. The Hall–Kier alpha value is -1.12. The summed E-state index contributed by atoms with van der Waals surface area (Å²) >= 11 is 0. The normalized spacial score (nSPS) is 21.8. The first kappa shape index (κ1) is 17.2. The molecule has 0 bridgehead atoms. The third-order valence-corrected chi connectivity index (χ3v) is 4.84. The van der Waals surface area contributed by atoms with Gasteiger partial charge in [0.15, 0.2) is 11.6 Å². The smallest absolute Gasteiger partial charge is 0.200 e. The second kappa shape index (κ2) is 9.12. The number of benzene rings is 1. The highest BCUT2D eigenvalue weighted by atomic mass is 19.2. The molecule has 2 rings (SSSR count). The average molecular weight is 310 g/mol. The van der Waals surface area contributed by atoms with Crippen molar-refractivity contribution < 1.29 is 13.5 Å². The van der Waals surface area contributed by atoms with E-state index in [0.717, 1.165) is 30.7 Å². The lowest BCUT2D eigenvalue weighted by molar-refractivity contribution is 0.237. The molecular formula is C19H28F2O. The summed E-state index contributed by atoms with van der Waals surface area (Å²) in [4.78, 5) is 0. The zero-order valence-corrected chi connectivity index (χ0v) is 13.6. The van der Waals surface area contributed by atoms with Crippen LogP contribution in [0.2, 0.25) is 0 Å². The van der Waals surface area contributed by atoms with Crippen LogP contribution in [0, 0.1) is 23.5 Å². The molecule has 0 aromatic heterocycles. The van der Waals surface area contributed by atoms with Gasteiger partial charge in [0.05, 0.1) is 6.61 Å². The Balaban J connectivity index is 1.57. The maximum absolute atomic E-state index is 13.4. The van der Waals surface area contributed by atoms with Gasteiger partial charge in [-0.1, -0.05) is 57.9 Å². The van der Waals surface area contributed by atoms with E-state index >= 15 is 0 Å². The zero-order chi connectivity index (χ0) is 15.8. The fourth-order valence-electron chi connectivity index (χ4n) is 3.53. The molecule has 0 heterocycles. The van der Waals surface area contributed by atoms with Crippen LogP contribution in [0.4, 0.5) is 8.78 Å². The van der Waals surface area contributed by atoms with Gasteiger partial charge in [-0.05, 0) is 36.8 Å². The van der Waals surface area contributed by atoms with Crippen molar-refractivity contribution in [2.45, 2.75) is 64.7 Å². The summed E-state index contributed by atoms with van der Waals surface area (Å²) in [5, 5.41) is 0. The first-order chi connectivity index (χ1) is 10.7. The largest absolute Gasteiger partial charge is 0.490 e. The van der Waals surface area contributed by atoms with Gasteiger partial charge in [-0.3, -0.25) is 0 Å². The second-order valence-electron chi connectivity index (χ2n) is 6.57. The SMILES string of the molecule is CCCC1CCC(CCCCOc2cccc(F)c2F)CC1. The monoisotopic (exact) mass is 310 g/mol. The van der Waals surface area contributed by atoms with Crippen molar-refractivity contribution in [1.29, 1.82) is 0 Å². The van der Waals surface area contributed by atoms with Gasteiger partial charge in [-0.2, -0.15) is 4.39 Å². The molecule has 1 aliphatic rings. The second-order valence-corrected chi connectivity index (χ2v) is 6.57. The van der Waals surface area contributed by atoms with Gasteiger partial charge >= 0.3 is 0 Å². The van der Waals surface area contributed by atoms with Crippen molar-refractivity contribution in [2.75, 3.05) is 6.61 Å². The number of ether oxygens (including phenoxy) is 1. The van der Waals surface area contributed by atoms with E-state index in [2.05, 4.69) is 6.92 Å². The molecule has 1 aromatic rings. The van der Waals surface area contributed by atoms with Crippen LogP contribution in [-0.2, 0) is 0 Å². The van der Waals surface area contributed by atoms with Crippen LogP contribution < -0.4 is 4.74 Å². The molecule has 0 amide bonds. The maximum Gasteiger partial charge on any atom is 0.200 e. The molecule has 0 aliphatic heterocycles. The molecule has 1 aliphatic carbocycles. The molecule has 1 aromatic carbocycles. The van der Waals surface area contributed by atoms with Crippen molar-refractivity contribution in [3.8, 4) is 5.75 Å². The number of halogens is 2. The maximum atomic E-state index is 13.4. The highest BCUT2D eigenvalue weighted by Gasteiger charge is 2.20. The van der Waals surface area contributed by atoms with Crippen LogP contribution >= 0.6 is 0 Å². The number of unbranched alkanes of at least 4 members (excludes halogenated alkanes) is 1. The molecule has 0 radical (unpaired) electrons. The Morgan fingerprint density at radius 3 is 2.36 bits per heavy atom. The van der Waals surface area contributed by atoms with Crippen molar-refractivity contribution in [1.82, 2.24) is 0 Å². The number of hydrogen-bond donors (Lipinski definition) is 0. The third-order valence-electron chi connectivity index (χ3n) is 4.84. The van der Waals surface area contributed by atoms with Gasteiger partial charge in [0.1, 0.15) is 0 Å². The Labute approximate surface area is 133 Å². The summed E-state index contributed by atoms with van der Waals surface area (Å²) in [7, 11) is 0. The Morgan fingerprint density at radius 2 is 1.68 bits per heavy atom. The highest BCUT2D eigenvalue weighted by Crippen LogP contribution is 2.34. The van der Waals surface area contributed by atoms with Gasteiger partial charge in [-0.15, -0.1) is 0 Å². The quantitative estimate of drug-likeness (QED) is 0.525. The summed E-state index contributed by atoms with van der Waals surface area (Å²) < 4.78 is 31.8. The van der Waals surface area contributed by atoms with Crippen LogP contribution in [0.25, 0.3) is 0 Å². The molecule has 22 heavy (non-hydrogen) atoms. The van der Waals surface area contributed by atoms with E-state index in [0.29, 0.717) is 6.61 Å². The predicted octanol–water partition coefficient (Wildman–Crippen LogP) is 6.12. The first-order valence-corrected chi connectivity index (χ1v) is 8.77. The molecule has 1 fully saturated rings. The van der Waals surface area contributed by atoms with Gasteiger partial charge in [0.2, 0.25) is 5.82 Å². The Kier molecular flexibility index (Phi) is 7.14. The first-order valence-electron chi connectivity index (χ1n) is 8.77. The van der Waals surface area contributed by atoms with E-state index in [4.69, 9.17) is 4.74 Å². The molecule has 0 saturated heterocycles. The molecule has 0 atom stereocenters. The predicted molar refractivity (Wildman–Crippen MR) is 86.1 cm³/mol. The zero-order valence-electron chi connectivity index (χ0n) is 13.6. The standard InChI is InChI=1S/C19H28F2O/c1-2-6-15-10-12-16(13-11-15)7-3-4-14-22-18-9-5-8-17(20)19(18)21/h5,8-9,15-16H,2-4,6-7,10-14H2,1H3. The summed E-state index contributed by atoms with van der Waals surface area (Å²) in [6, 6.07) is 4.06. The van der Waals surface area contributed by atoms with Crippen molar-refractivity contribution in [3.63, 3.8) is 0 Å². The number of hydrogen-bond acceptors (Lipinski definition) is 1. The minimum Gasteiger partial charge on any atom is -0.490 e. The molecule has 124 valence electrons. The molecule has 0 unspecified atom stereocenters. The molecule has 1 nitrogen and oxygen atoms in total. The molecule has 0 N–H and O–H groups in total. The van der Waals surface area contributed by atoms with E-state index < -0.39 is 11.6 Å². The Morgan fingerprint density at radius 1 is 1.00 bits per heavy atom. The Bertz CT molecular complexity index is 439. The van der Waals surface area contributed by atoms with Crippen LogP contribution in [0.5, 0.6) is 5.75 Å². The van der Waals surface area contributed by atoms with Gasteiger partial charge < -0.3 is 4.74 Å². The lowest BCUT2D eigenvalue weighted by Crippen LogP contribution is -2.14. The summed E-state index contributed by atoms with van der Waals surface area (Å²) in [5.74, 6) is 0.123. The van der Waals surface area contributed by atoms with Crippen LogP contribution in [0.1, 0.15) is 64.7 Å². The highest BCUT2D eigenvalue weighted by molar-refractivity contribution is 5.24. The van der Waals surface area contributed by atoms with E-state index in [1.807, 2.05) is 0 Å². The molecule has 3 heteroatoms. The fraction of sp³-hybridized carbons (Fsp3) is 0.684. The number of rotatable bonds is 8.